The largest absolute Gasteiger partial charge is 0.481 e. The van der Waals surface area contributed by atoms with Gasteiger partial charge in [-0.2, -0.15) is 0 Å². The first-order valence-electron chi connectivity index (χ1n) is 6.55. The molecule has 0 saturated carbocycles. The van der Waals surface area contributed by atoms with Crippen molar-refractivity contribution in [2.45, 2.75) is 19.3 Å². The fourth-order valence-electron chi connectivity index (χ4n) is 2.16. The molecular weight excluding hydrogens is 288 g/mol. The maximum Gasteiger partial charge on any atom is 0.311 e. The van der Waals surface area contributed by atoms with Crippen molar-refractivity contribution in [1.82, 2.24) is 0 Å². The van der Waals surface area contributed by atoms with E-state index in [2.05, 4.69) is 0 Å². The molecule has 0 spiro atoms. The van der Waals surface area contributed by atoms with Crippen LogP contribution in [-0.2, 0) is 4.79 Å². The number of carboxylic acids is 1. The second-order valence-corrected chi connectivity index (χ2v) is 5.38. The minimum absolute atomic E-state index is 0.0690. The molecular formula is C17H15ClO3. The van der Waals surface area contributed by atoms with Gasteiger partial charge in [-0.05, 0) is 30.7 Å². The molecule has 3 nitrogen and oxygen atoms in total. The van der Waals surface area contributed by atoms with Gasteiger partial charge in [0.15, 0.2) is 5.78 Å². The molecule has 0 aliphatic rings. The maximum absolute atomic E-state index is 12.3. The number of halogens is 1. The monoisotopic (exact) mass is 302 g/mol. The average molecular weight is 303 g/mol. The van der Waals surface area contributed by atoms with Crippen LogP contribution in [0.4, 0.5) is 0 Å². The van der Waals surface area contributed by atoms with Crippen molar-refractivity contribution in [3.05, 3.63) is 70.2 Å². The van der Waals surface area contributed by atoms with Gasteiger partial charge in [-0.15, -0.1) is 0 Å². The summed E-state index contributed by atoms with van der Waals surface area (Å²) in [5.74, 6) is -2.06. The quantitative estimate of drug-likeness (QED) is 0.846. The summed E-state index contributed by atoms with van der Waals surface area (Å²) in [4.78, 5) is 23.7. The molecule has 0 radical (unpaired) electrons. The van der Waals surface area contributed by atoms with Gasteiger partial charge in [0.25, 0.3) is 0 Å². The smallest absolute Gasteiger partial charge is 0.311 e. The molecule has 2 aromatic carbocycles. The van der Waals surface area contributed by atoms with E-state index in [9.17, 15) is 14.7 Å². The van der Waals surface area contributed by atoms with E-state index in [1.165, 1.54) is 0 Å². The number of carbonyl (C=O) groups is 2. The van der Waals surface area contributed by atoms with E-state index in [1.54, 1.807) is 42.5 Å². The van der Waals surface area contributed by atoms with Gasteiger partial charge in [0.2, 0.25) is 0 Å². The zero-order valence-electron chi connectivity index (χ0n) is 11.5. The third-order valence-corrected chi connectivity index (χ3v) is 3.55. The van der Waals surface area contributed by atoms with Crippen LogP contribution in [-0.4, -0.2) is 16.9 Å². The van der Waals surface area contributed by atoms with Gasteiger partial charge in [0.05, 0.1) is 5.92 Å². The second-order valence-electron chi connectivity index (χ2n) is 4.94. The number of ketones is 1. The lowest BCUT2D eigenvalue weighted by Crippen LogP contribution is -2.16. The molecule has 0 unspecified atom stereocenters. The molecule has 0 amide bonds. The zero-order chi connectivity index (χ0) is 15.4. The normalized spacial score (nSPS) is 11.9. The molecule has 0 heterocycles. The van der Waals surface area contributed by atoms with Crippen LogP contribution < -0.4 is 0 Å². The van der Waals surface area contributed by atoms with Gasteiger partial charge in [-0.3, -0.25) is 9.59 Å². The number of carbonyl (C=O) groups excluding carboxylic acids is 1. The Kier molecular flexibility index (Phi) is 4.76. The second kappa shape index (κ2) is 6.55. The van der Waals surface area contributed by atoms with Gasteiger partial charge in [0, 0.05) is 17.0 Å². The Morgan fingerprint density at radius 2 is 1.81 bits per heavy atom. The van der Waals surface area contributed by atoms with Crippen LogP contribution >= 0.6 is 11.6 Å². The fourth-order valence-corrected chi connectivity index (χ4v) is 2.29. The fraction of sp³-hybridized carbons (Fsp3) is 0.176. The number of Topliss-reactive ketones (excluding diaryl/α,β-unsaturated/α-hetero) is 1. The molecule has 2 rings (SSSR count). The van der Waals surface area contributed by atoms with E-state index >= 15 is 0 Å². The first-order valence-corrected chi connectivity index (χ1v) is 6.93. The summed E-state index contributed by atoms with van der Waals surface area (Å²) < 4.78 is 0. The third kappa shape index (κ3) is 3.92. The highest BCUT2D eigenvalue weighted by molar-refractivity contribution is 6.30. The summed E-state index contributed by atoms with van der Waals surface area (Å²) in [6.07, 6.45) is -0.0690. The van der Waals surface area contributed by atoms with Crippen LogP contribution in [0.3, 0.4) is 0 Å². The summed E-state index contributed by atoms with van der Waals surface area (Å²) in [5, 5.41) is 9.90. The summed E-state index contributed by atoms with van der Waals surface area (Å²) >= 11 is 5.80. The Hall–Kier alpha value is -2.13. The molecule has 21 heavy (non-hydrogen) atoms. The average Bonchev–Trinajstić information content (AvgIpc) is 2.45. The molecule has 2 aromatic rings. The van der Waals surface area contributed by atoms with Gasteiger partial charge in [-0.25, -0.2) is 0 Å². The first kappa shape index (κ1) is 15.3. The highest BCUT2D eigenvalue weighted by Crippen LogP contribution is 2.24. The number of carboxylic acid groups (broad SMARTS) is 1. The number of aryl methyl sites for hydroxylation is 1. The highest BCUT2D eigenvalue weighted by Gasteiger charge is 2.23. The minimum atomic E-state index is -1.02. The number of rotatable bonds is 5. The Morgan fingerprint density at radius 1 is 1.14 bits per heavy atom. The molecule has 0 aliphatic carbocycles. The van der Waals surface area contributed by atoms with Crippen LogP contribution in [0.2, 0.25) is 5.02 Å². The Balaban J connectivity index is 2.22. The molecule has 0 fully saturated rings. The first-order chi connectivity index (χ1) is 9.97. The summed E-state index contributed by atoms with van der Waals surface area (Å²) in [6.45, 7) is 1.89. The van der Waals surface area contributed by atoms with Crippen molar-refractivity contribution in [2.24, 2.45) is 0 Å². The number of benzene rings is 2. The van der Waals surface area contributed by atoms with E-state index in [-0.39, 0.29) is 12.2 Å². The van der Waals surface area contributed by atoms with Crippen molar-refractivity contribution in [2.75, 3.05) is 0 Å². The number of hydrogen-bond donors (Lipinski definition) is 1. The van der Waals surface area contributed by atoms with Crippen LogP contribution in [0, 0.1) is 6.92 Å². The van der Waals surface area contributed by atoms with Crippen molar-refractivity contribution in [3.63, 3.8) is 0 Å². The van der Waals surface area contributed by atoms with Crippen LogP contribution in [0.25, 0.3) is 0 Å². The van der Waals surface area contributed by atoms with E-state index in [1.807, 2.05) is 13.0 Å². The molecule has 1 atom stereocenters. The SMILES string of the molecule is Cc1cccc(C(=O)C[C@H](C(=O)O)c2ccc(Cl)cc2)c1. The Labute approximate surface area is 128 Å². The van der Waals surface area contributed by atoms with E-state index in [0.717, 1.165) is 5.56 Å². The number of aliphatic carboxylic acids is 1. The Bertz CT molecular complexity index is 662. The third-order valence-electron chi connectivity index (χ3n) is 3.30. The lowest BCUT2D eigenvalue weighted by molar-refractivity contribution is -0.138. The summed E-state index contributed by atoms with van der Waals surface area (Å²) in [5.41, 5.74) is 2.09. The van der Waals surface area contributed by atoms with Crippen molar-refractivity contribution >= 4 is 23.4 Å². The van der Waals surface area contributed by atoms with Gasteiger partial charge in [-0.1, -0.05) is 47.5 Å². The van der Waals surface area contributed by atoms with Crippen LogP contribution in [0.5, 0.6) is 0 Å². The lowest BCUT2D eigenvalue weighted by atomic mass is 9.91. The molecule has 0 bridgehead atoms. The van der Waals surface area contributed by atoms with Gasteiger partial charge in [0.1, 0.15) is 0 Å². The van der Waals surface area contributed by atoms with E-state index < -0.39 is 11.9 Å². The van der Waals surface area contributed by atoms with Gasteiger partial charge >= 0.3 is 5.97 Å². The van der Waals surface area contributed by atoms with E-state index in [4.69, 9.17) is 11.6 Å². The van der Waals surface area contributed by atoms with Crippen molar-refractivity contribution in [1.29, 1.82) is 0 Å². The lowest BCUT2D eigenvalue weighted by Gasteiger charge is -2.12. The van der Waals surface area contributed by atoms with Crippen molar-refractivity contribution in [3.8, 4) is 0 Å². The Morgan fingerprint density at radius 3 is 2.38 bits per heavy atom. The molecule has 0 saturated heterocycles. The summed E-state index contributed by atoms with van der Waals surface area (Å²) in [7, 11) is 0. The summed E-state index contributed by atoms with van der Waals surface area (Å²) in [6, 6.07) is 13.7. The molecule has 0 aromatic heterocycles. The van der Waals surface area contributed by atoms with Crippen LogP contribution in [0.1, 0.15) is 33.8 Å². The van der Waals surface area contributed by atoms with Crippen LogP contribution in [0.15, 0.2) is 48.5 Å². The molecule has 1 N–H and O–H groups in total. The highest BCUT2D eigenvalue weighted by atomic mass is 35.5. The van der Waals surface area contributed by atoms with Crippen molar-refractivity contribution < 1.29 is 14.7 Å². The van der Waals surface area contributed by atoms with E-state index in [0.29, 0.717) is 16.1 Å². The maximum atomic E-state index is 12.3. The molecule has 0 aliphatic heterocycles. The minimum Gasteiger partial charge on any atom is -0.481 e. The molecule has 4 heteroatoms. The zero-order valence-corrected chi connectivity index (χ0v) is 12.3. The van der Waals surface area contributed by atoms with Gasteiger partial charge < -0.3 is 5.11 Å². The molecule has 108 valence electrons. The number of hydrogen-bond acceptors (Lipinski definition) is 2. The predicted molar refractivity (Wildman–Crippen MR) is 82.0 cm³/mol. The standard InChI is InChI=1S/C17H15ClO3/c1-11-3-2-4-13(9-11)16(19)10-15(17(20)21)12-5-7-14(18)8-6-12/h2-9,15H,10H2,1H3,(H,20,21)/t15-/m0/s1. The predicted octanol–water partition coefficient (Wildman–Crippen LogP) is 4.09. The topological polar surface area (TPSA) is 54.4 Å².